The summed E-state index contributed by atoms with van der Waals surface area (Å²) in [6.45, 7) is 0.293. The van der Waals surface area contributed by atoms with E-state index in [2.05, 4.69) is 10.6 Å². The Balaban J connectivity index is 1.96. The summed E-state index contributed by atoms with van der Waals surface area (Å²) in [4.78, 5) is 11.9. The molecule has 2 N–H and O–H groups in total. The molecule has 0 fully saturated rings. The van der Waals surface area contributed by atoms with Gasteiger partial charge in [-0.3, -0.25) is 0 Å². The zero-order chi connectivity index (χ0) is 19.1. The maximum Gasteiger partial charge on any atom is 0.319 e. The van der Waals surface area contributed by atoms with Gasteiger partial charge in [-0.05, 0) is 30.2 Å². The molecular formula is C18H20F2N2O4. The Labute approximate surface area is 150 Å². The second-order valence-corrected chi connectivity index (χ2v) is 5.28. The number of amides is 2. The number of hydrogen-bond acceptors (Lipinski definition) is 4. The lowest BCUT2D eigenvalue weighted by atomic mass is 10.1. The molecule has 0 aliphatic heterocycles. The van der Waals surface area contributed by atoms with Crippen molar-refractivity contribution in [3.8, 4) is 17.2 Å². The van der Waals surface area contributed by atoms with E-state index in [0.29, 0.717) is 30.2 Å². The SMILES string of the molecule is COc1cc(OC)c(OC)cc1CCNC(=O)Nc1ccc(F)c(F)c1. The van der Waals surface area contributed by atoms with E-state index in [9.17, 15) is 13.6 Å². The summed E-state index contributed by atoms with van der Waals surface area (Å²) in [5.74, 6) is -0.313. The number of rotatable bonds is 7. The van der Waals surface area contributed by atoms with Crippen LogP contribution in [0.3, 0.4) is 0 Å². The average Bonchev–Trinajstić information content (AvgIpc) is 2.64. The molecule has 0 aliphatic carbocycles. The molecule has 0 unspecified atom stereocenters. The Kier molecular flexibility index (Phi) is 6.60. The van der Waals surface area contributed by atoms with E-state index in [1.807, 2.05) is 0 Å². The minimum atomic E-state index is -1.03. The number of anilines is 1. The van der Waals surface area contributed by atoms with Gasteiger partial charge in [-0.2, -0.15) is 0 Å². The van der Waals surface area contributed by atoms with Gasteiger partial charge in [0.15, 0.2) is 23.1 Å². The molecule has 0 atom stereocenters. The summed E-state index contributed by atoms with van der Waals surface area (Å²) in [6, 6.07) is 6.07. The number of urea groups is 1. The molecule has 8 heteroatoms. The zero-order valence-corrected chi connectivity index (χ0v) is 14.7. The van der Waals surface area contributed by atoms with Crippen LogP contribution in [0.4, 0.5) is 19.3 Å². The third-order valence-electron chi connectivity index (χ3n) is 3.64. The van der Waals surface area contributed by atoms with Gasteiger partial charge >= 0.3 is 6.03 Å². The van der Waals surface area contributed by atoms with E-state index in [0.717, 1.165) is 17.7 Å². The molecule has 26 heavy (non-hydrogen) atoms. The van der Waals surface area contributed by atoms with Crippen molar-refractivity contribution in [3.63, 3.8) is 0 Å². The summed E-state index contributed by atoms with van der Waals surface area (Å²) in [5.41, 5.74) is 0.975. The molecule has 0 saturated carbocycles. The van der Waals surface area contributed by atoms with E-state index in [1.54, 1.807) is 12.1 Å². The van der Waals surface area contributed by atoms with Crippen molar-refractivity contribution < 1.29 is 27.8 Å². The lowest BCUT2D eigenvalue weighted by molar-refractivity contribution is 0.252. The third kappa shape index (κ3) is 4.75. The third-order valence-corrected chi connectivity index (χ3v) is 3.64. The minimum absolute atomic E-state index is 0.157. The van der Waals surface area contributed by atoms with Crippen molar-refractivity contribution in [3.05, 3.63) is 47.5 Å². The smallest absolute Gasteiger partial charge is 0.319 e. The van der Waals surface area contributed by atoms with Crippen molar-refractivity contribution in [2.24, 2.45) is 0 Å². The molecule has 2 aromatic rings. The molecular weight excluding hydrogens is 346 g/mol. The number of carbonyl (C=O) groups is 1. The van der Waals surface area contributed by atoms with Crippen LogP contribution in [0.25, 0.3) is 0 Å². The summed E-state index contributed by atoms with van der Waals surface area (Å²) in [7, 11) is 4.59. The van der Waals surface area contributed by atoms with Gasteiger partial charge < -0.3 is 24.8 Å². The molecule has 2 aromatic carbocycles. The largest absolute Gasteiger partial charge is 0.496 e. The molecule has 0 bridgehead atoms. The zero-order valence-electron chi connectivity index (χ0n) is 14.7. The fraction of sp³-hybridized carbons (Fsp3) is 0.278. The number of benzene rings is 2. The summed E-state index contributed by atoms with van der Waals surface area (Å²) < 4.78 is 41.8. The van der Waals surface area contributed by atoms with Crippen LogP contribution in [0.5, 0.6) is 17.2 Å². The molecule has 2 rings (SSSR count). The van der Waals surface area contributed by atoms with Crippen molar-refractivity contribution in [2.75, 3.05) is 33.2 Å². The highest BCUT2D eigenvalue weighted by Gasteiger charge is 2.12. The highest BCUT2D eigenvalue weighted by Crippen LogP contribution is 2.34. The van der Waals surface area contributed by atoms with Crippen LogP contribution in [0, 0.1) is 11.6 Å². The Morgan fingerprint density at radius 1 is 0.923 bits per heavy atom. The maximum absolute atomic E-state index is 13.1. The summed E-state index contributed by atoms with van der Waals surface area (Å²) in [6.07, 6.45) is 0.467. The number of methoxy groups -OCH3 is 3. The van der Waals surface area contributed by atoms with E-state index < -0.39 is 17.7 Å². The van der Waals surface area contributed by atoms with Gasteiger partial charge in [0, 0.05) is 24.4 Å². The van der Waals surface area contributed by atoms with Gasteiger partial charge in [0.2, 0.25) is 0 Å². The molecule has 0 aliphatic rings. The summed E-state index contributed by atoms with van der Waals surface area (Å²) in [5, 5.41) is 5.07. The molecule has 0 aromatic heterocycles. The van der Waals surface area contributed by atoms with E-state index in [1.165, 1.54) is 27.4 Å². The standard InChI is InChI=1S/C18H20F2N2O4/c1-24-15-10-17(26-3)16(25-2)8-11(15)6-7-21-18(23)22-12-4-5-13(19)14(20)9-12/h4-5,8-10H,6-7H2,1-3H3,(H2,21,22,23). The highest BCUT2D eigenvalue weighted by molar-refractivity contribution is 5.89. The first-order chi connectivity index (χ1) is 12.5. The van der Waals surface area contributed by atoms with Crippen LogP contribution in [0.2, 0.25) is 0 Å². The van der Waals surface area contributed by atoms with Gasteiger partial charge in [0.25, 0.3) is 0 Å². The number of nitrogens with one attached hydrogen (secondary N) is 2. The van der Waals surface area contributed by atoms with Gasteiger partial charge in [-0.15, -0.1) is 0 Å². The van der Waals surface area contributed by atoms with Crippen LogP contribution in [-0.4, -0.2) is 33.9 Å². The predicted octanol–water partition coefficient (Wildman–Crippen LogP) is 3.35. The van der Waals surface area contributed by atoms with Crippen molar-refractivity contribution in [2.45, 2.75) is 6.42 Å². The number of carbonyl (C=O) groups excluding carboxylic acids is 1. The first kappa shape index (κ1) is 19.3. The Bertz CT molecular complexity index is 784. The first-order valence-electron chi connectivity index (χ1n) is 7.77. The maximum atomic E-state index is 13.1. The Morgan fingerprint density at radius 3 is 2.19 bits per heavy atom. The summed E-state index contributed by atoms with van der Waals surface area (Å²) >= 11 is 0. The molecule has 2 amide bonds. The van der Waals surface area contributed by atoms with Gasteiger partial charge in [-0.25, -0.2) is 13.6 Å². The molecule has 140 valence electrons. The van der Waals surface area contributed by atoms with Gasteiger partial charge in [0.1, 0.15) is 5.75 Å². The number of ether oxygens (including phenoxy) is 3. The van der Waals surface area contributed by atoms with Crippen LogP contribution in [0.1, 0.15) is 5.56 Å². The molecule has 0 heterocycles. The van der Waals surface area contributed by atoms with E-state index in [-0.39, 0.29) is 5.69 Å². The Morgan fingerprint density at radius 2 is 1.58 bits per heavy atom. The van der Waals surface area contributed by atoms with E-state index in [4.69, 9.17) is 14.2 Å². The number of hydrogen-bond donors (Lipinski definition) is 2. The minimum Gasteiger partial charge on any atom is -0.496 e. The quantitative estimate of drug-likeness (QED) is 0.789. The van der Waals surface area contributed by atoms with E-state index >= 15 is 0 Å². The lowest BCUT2D eigenvalue weighted by Gasteiger charge is -2.14. The second kappa shape index (κ2) is 8.89. The predicted molar refractivity (Wildman–Crippen MR) is 93.2 cm³/mol. The van der Waals surface area contributed by atoms with Crippen LogP contribution in [0.15, 0.2) is 30.3 Å². The monoisotopic (exact) mass is 366 g/mol. The fourth-order valence-corrected chi connectivity index (χ4v) is 2.35. The van der Waals surface area contributed by atoms with Crippen LogP contribution >= 0.6 is 0 Å². The van der Waals surface area contributed by atoms with Gasteiger partial charge in [-0.1, -0.05) is 0 Å². The molecule has 0 radical (unpaired) electrons. The lowest BCUT2D eigenvalue weighted by Crippen LogP contribution is -2.30. The second-order valence-electron chi connectivity index (χ2n) is 5.28. The molecule has 6 nitrogen and oxygen atoms in total. The number of halogens is 2. The topological polar surface area (TPSA) is 68.8 Å². The average molecular weight is 366 g/mol. The molecule has 0 saturated heterocycles. The van der Waals surface area contributed by atoms with Crippen LogP contribution in [-0.2, 0) is 6.42 Å². The fourth-order valence-electron chi connectivity index (χ4n) is 2.35. The van der Waals surface area contributed by atoms with Crippen LogP contribution < -0.4 is 24.8 Å². The highest BCUT2D eigenvalue weighted by atomic mass is 19.2. The van der Waals surface area contributed by atoms with Crippen molar-refractivity contribution in [1.29, 1.82) is 0 Å². The van der Waals surface area contributed by atoms with Gasteiger partial charge in [0.05, 0.1) is 21.3 Å². The van der Waals surface area contributed by atoms with Crippen molar-refractivity contribution in [1.82, 2.24) is 5.32 Å². The normalized spacial score (nSPS) is 10.2. The Hall–Kier alpha value is -3.03. The molecule has 0 spiro atoms. The first-order valence-corrected chi connectivity index (χ1v) is 7.77. The van der Waals surface area contributed by atoms with Crippen molar-refractivity contribution >= 4 is 11.7 Å².